The molecule has 1 nitrogen and oxygen atoms in total. The average Bonchev–Trinajstić information content (AvgIpc) is 3.67. The highest BCUT2D eigenvalue weighted by atomic mass is 28.3. The summed E-state index contributed by atoms with van der Waals surface area (Å²) >= 11 is 0. The smallest absolute Gasteiger partial charge is 0.181 e. The summed E-state index contributed by atoms with van der Waals surface area (Å²) in [5, 5.41) is 18.3. The van der Waals surface area contributed by atoms with E-state index in [0.29, 0.717) is 0 Å². The Morgan fingerprint density at radius 2 is 0.958 bits per heavy atom. The van der Waals surface area contributed by atoms with Crippen molar-refractivity contribution in [3.05, 3.63) is 170 Å². The normalized spacial score (nSPS) is 13.6. The quantitative estimate of drug-likeness (QED) is 0.138. The lowest BCUT2D eigenvalue weighted by atomic mass is 9.89. The number of fused-ring (bicyclic) bond motifs is 15. The summed E-state index contributed by atoms with van der Waals surface area (Å²) in [5.74, 6) is 0. The minimum absolute atomic E-state index is 0.936. The lowest BCUT2D eigenvalue weighted by Gasteiger charge is -2.31. The topological polar surface area (TPSA) is 13.1 Å². The van der Waals surface area contributed by atoms with Crippen LogP contribution in [0.3, 0.4) is 0 Å². The molecule has 2 heterocycles. The Morgan fingerprint density at radius 1 is 0.333 bits per heavy atom. The maximum Gasteiger partial charge on any atom is 0.181 e. The summed E-state index contributed by atoms with van der Waals surface area (Å²) in [6, 6.07) is 63.1. The zero-order valence-corrected chi connectivity index (χ0v) is 27.1. The van der Waals surface area contributed by atoms with E-state index in [2.05, 4.69) is 170 Å². The molecule has 0 saturated carbocycles. The molecule has 2 heteroatoms. The fourth-order valence-corrected chi connectivity index (χ4v) is 14.2. The van der Waals surface area contributed by atoms with Crippen LogP contribution in [0.1, 0.15) is 0 Å². The molecule has 1 aliphatic rings. The van der Waals surface area contributed by atoms with Crippen molar-refractivity contribution >= 4 is 93.8 Å². The summed E-state index contributed by atoms with van der Waals surface area (Å²) in [4.78, 5) is 0. The van der Waals surface area contributed by atoms with Gasteiger partial charge in [-0.2, -0.15) is 0 Å². The first kappa shape index (κ1) is 26.1. The van der Waals surface area contributed by atoms with Gasteiger partial charge in [-0.3, -0.25) is 0 Å². The third kappa shape index (κ3) is 3.25. The number of rotatable bonds is 2. The summed E-state index contributed by atoms with van der Waals surface area (Å²) in [7, 11) is -2.62. The number of hydrogen-bond acceptors (Lipinski definition) is 1. The monoisotopic (exact) mass is 624 g/mol. The molecule has 0 unspecified atom stereocenters. The van der Waals surface area contributed by atoms with Crippen LogP contribution in [-0.4, -0.2) is 8.07 Å². The van der Waals surface area contributed by atoms with E-state index in [1.54, 1.807) is 0 Å². The van der Waals surface area contributed by atoms with Crippen LogP contribution in [0.5, 0.6) is 0 Å². The van der Waals surface area contributed by atoms with E-state index in [0.717, 1.165) is 11.2 Å². The predicted octanol–water partition coefficient (Wildman–Crippen LogP) is 9.56. The number of furan rings is 1. The number of benzene rings is 9. The third-order valence-electron chi connectivity index (χ3n) is 10.9. The Labute approximate surface area is 278 Å². The Bertz CT molecular complexity index is 2900. The summed E-state index contributed by atoms with van der Waals surface area (Å²) in [5.41, 5.74) is 4.55. The zero-order valence-electron chi connectivity index (χ0n) is 26.1. The summed E-state index contributed by atoms with van der Waals surface area (Å²) in [6.45, 7) is 0. The van der Waals surface area contributed by atoms with Crippen LogP contribution in [0.2, 0.25) is 0 Å². The van der Waals surface area contributed by atoms with Crippen LogP contribution in [-0.2, 0) is 0 Å². The molecule has 0 N–H and O–H groups in total. The highest BCUT2D eigenvalue weighted by Gasteiger charge is 2.49. The van der Waals surface area contributed by atoms with E-state index in [9.17, 15) is 0 Å². The van der Waals surface area contributed by atoms with Gasteiger partial charge in [0.05, 0.1) is 0 Å². The van der Waals surface area contributed by atoms with Crippen LogP contribution in [0.15, 0.2) is 174 Å². The van der Waals surface area contributed by atoms with Gasteiger partial charge in [-0.05, 0) is 93.8 Å². The molecule has 48 heavy (non-hydrogen) atoms. The van der Waals surface area contributed by atoms with E-state index in [1.165, 1.54) is 85.7 Å². The molecule has 0 atom stereocenters. The van der Waals surface area contributed by atoms with Gasteiger partial charge in [-0.1, -0.05) is 146 Å². The van der Waals surface area contributed by atoms with Crippen LogP contribution in [0.4, 0.5) is 0 Å². The molecule has 9 aromatic carbocycles. The second kappa shape index (κ2) is 9.54. The van der Waals surface area contributed by atoms with Crippen molar-refractivity contribution < 1.29 is 4.42 Å². The van der Waals surface area contributed by atoms with Crippen molar-refractivity contribution in [3.63, 3.8) is 0 Å². The first-order chi connectivity index (χ1) is 23.8. The fraction of sp³-hybridized carbons (Fsp3) is 0. The lowest BCUT2D eigenvalue weighted by molar-refractivity contribution is 0.669. The molecular weight excluding hydrogens is 597 g/mol. The van der Waals surface area contributed by atoms with Crippen molar-refractivity contribution in [1.82, 2.24) is 0 Å². The predicted molar refractivity (Wildman–Crippen MR) is 206 cm³/mol. The molecule has 11 rings (SSSR count). The SMILES string of the molecule is c1ccc([Si]2(c3ccccc3)c3ccccc3-c3cc4c(cc32)oc2ccc3c5c6ccccc6ccc5c5ccccc5c3c24)cc1. The molecular formula is C46H28OSi. The average molecular weight is 625 g/mol. The van der Waals surface area contributed by atoms with Crippen LogP contribution in [0, 0.1) is 0 Å². The Hall–Kier alpha value is -5.96. The van der Waals surface area contributed by atoms with Gasteiger partial charge in [0.2, 0.25) is 0 Å². The maximum absolute atomic E-state index is 6.92. The van der Waals surface area contributed by atoms with E-state index in [1.807, 2.05) is 0 Å². The molecule has 0 fully saturated rings. The molecule has 0 saturated heterocycles. The highest BCUT2D eigenvalue weighted by Crippen LogP contribution is 2.45. The molecule has 0 spiro atoms. The van der Waals surface area contributed by atoms with Crippen molar-refractivity contribution in [3.8, 4) is 11.1 Å². The second-order valence-electron chi connectivity index (χ2n) is 13.1. The molecule has 1 aliphatic heterocycles. The van der Waals surface area contributed by atoms with Crippen LogP contribution >= 0.6 is 0 Å². The zero-order chi connectivity index (χ0) is 31.4. The first-order valence-electron chi connectivity index (χ1n) is 16.7. The number of hydrogen-bond donors (Lipinski definition) is 0. The van der Waals surface area contributed by atoms with Gasteiger partial charge in [0.1, 0.15) is 11.2 Å². The van der Waals surface area contributed by atoms with E-state index >= 15 is 0 Å². The molecule has 0 amide bonds. The van der Waals surface area contributed by atoms with Gasteiger partial charge in [0.15, 0.2) is 8.07 Å². The molecule has 0 aliphatic carbocycles. The standard InChI is InChI=1S/C46H28OSi/c1-3-14-30(15-4-1)48(31-16-5-2-6-17-31)42-22-12-11-20-34(42)38-27-39-41(28-43(38)48)47-40-26-25-37-44-32-18-8-7-13-29(32)23-24-36(44)33-19-9-10-21-35(33)45(37)46(39)40/h1-28H. The fourth-order valence-electron chi connectivity index (χ4n) is 9.01. The van der Waals surface area contributed by atoms with Gasteiger partial charge >= 0.3 is 0 Å². The van der Waals surface area contributed by atoms with Gasteiger partial charge < -0.3 is 4.42 Å². The Kier molecular flexibility index (Phi) is 5.20. The van der Waals surface area contributed by atoms with Gasteiger partial charge in [-0.15, -0.1) is 0 Å². The van der Waals surface area contributed by atoms with E-state index in [-0.39, 0.29) is 0 Å². The van der Waals surface area contributed by atoms with Crippen LogP contribution < -0.4 is 20.7 Å². The second-order valence-corrected chi connectivity index (χ2v) is 16.9. The largest absolute Gasteiger partial charge is 0.456 e. The van der Waals surface area contributed by atoms with Crippen molar-refractivity contribution in [1.29, 1.82) is 0 Å². The Balaban J connectivity index is 1.33. The van der Waals surface area contributed by atoms with Crippen molar-refractivity contribution in [2.45, 2.75) is 0 Å². The van der Waals surface area contributed by atoms with Crippen molar-refractivity contribution in [2.75, 3.05) is 0 Å². The minimum atomic E-state index is -2.62. The van der Waals surface area contributed by atoms with E-state index in [4.69, 9.17) is 4.42 Å². The lowest BCUT2D eigenvalue weighted by Crippen LogP contribution is -2.72. The summed E-state index contributed by atoms with van der Waals surface area (Å²) in [6.07, 6.45) is 0. The highest BCUT2D eigenvalue weighted by molar-refractivity contribution is 7.22. The third-order valence-corrected chi connectivity index (χ3v) is 15.8. The molecule has 222 valence electrons. The van der Waals surface area contributed by atoms with Crippen molar-refractivity contribution in [2.24, 2.45) is 0 Å². The minimum Gasteiger partial charge on any atom is -0.456 e. The van der Waals surface area contributed by atoms with Gasteiger partial charge in [0.25, 0.3) is 0 Å². The maximum atomic E-state index is 6.92. The van der Waals surface area contributed by atoms with E-state index < -0.39 is 8.07 Å². The van der Waals surface area contributed by atoms with Gasteiger partial charge in [-0.25, -0.2) is 0 Å². The first-order valence-corrected chi connectivity index (χ1v) is 18.7. The molecule has 0 bridgehead atoms. The Morgan fingerprint density at radius 3 is 1.75 bits per heavy atom. The van der Waals surface area contributed by atoms with Gasteiger partial charge in [0, 0.05) is 16.2 Å². The molecule has 10 aromatic rings. The summed E-state index contributed by atoms with van der Waals surface area (Å²) < 4.78 is 6.92. The molecule has 0 radical (unpaired) electrons. The molecule has 1 aromatic heterocycles. The van der Waals surface area contributed by atoms with Crippen LogP contribution in [0.25, 0.3) is 76.2 Å².